The van der Waals surface area contributed by atoms with E-state index < -0.39 is 0 Å². The summed E-state index contributed by atoms with van der Waals surface area (Å²) >= 11 is 1.81. The standard InChI is InChI=1S/C13H13NS/c1-3-6-11(14-2)13-9-10-7-4-5-8-12(10)15-13/h1,4-5,7-9,11,14H,6H2,2H3. The van der Waals surface area contributed by atoms with Gasteiger partial charge >= 0.3 is 0 Å². The molecule has 0 radical (unpaired) electrons. The predicted molar refractivity (Wildman–Crippen MR) is 67.1 cm³/mol. The van der Waals surface area contributed by atoms with Gasteiger partial charge in [0, 0.05) is 16.0 Å². The molecule has 1 atom stereocenters. The monoisotopic (exact) mass is 215 g/mol. The maximum Gasteiger partial charge on any atom is 0.0523 e. The molecule has 0 bridgehead atoms. The van der Waals surface area contributed by atoms with E-state index in [2.05, 4.69) is 41.6 Å². The van der Waals surface area contributed by atoms with Gasteiger partial charge in [-0.1, -0.05) is 18.2 Å². The third-order valence-corrected chi connectivity index (χ3v) is 3.69. The minimum Gasteiger partial charge on any atom is -0.312 e. The van der Waals surface area contributed by atoms with Crippen LogP contribution in [-0.2, 0) is 0 Å². The first-order valence-corrected chi connectivity index (χ1v) is 5.76. The Morgan fingerprint density at radius 2 is 2.27 bits per heavy atom. The Hall–Kier alpha value is -1.30. The minimum atomic E-state index is 0.285. The molecular formula is C13H13NS. The summed E-state index contributed by atoms with van der Waals surface area (Å²) in [6.07, 6.45) is 6.09. The largest absolute Gasteiger partial charge is 0.312 e. The molecule has 1 nitrogen and oxygen atoms in total. The second-order valence-electron chi connectivity index (χ2n) is 3.44. The number of hydrogen-bond acceptors (Lipinski definition) is 2. The lowest BCUT2D eigenvalue weighted by Gasteiger charge is -2.09. The van der Waals surface area contributed by atoms with Crippen LogP contribution in [0.25, 0.3) is 10.1 Å². The lowest BCUT2D eigenvalue weighted by molar-refractivity contribution is 0.622. The summed E-state index contributed by atoms with van der Waals surface area (Å²) in [5.41, 5.74) is 0. The molecular weight excluding hydrogens is 202 g/mol. The summed E-state index contributed by atoms with van der Waals surface area (Å²) in [7, 11) is 1.95. The first-order valence-electron chi connectivity index (χ1n) is 4.94. The lowest BCUT2D eigenvalue weighted by atomic mass is 10.1. The van der Waals surface area contributed by atoms with Crippen LogP contribution >= 0.6 is 11.3 Å². The summed E-state index contributed by atoms with van der Waals surface area (Å²) in [5, 5.41) is 4.55. The number of rotatable bonds is 3. The molecule has 1 N–H and O–H groups in total. The molecule has 2 heteroatoms. The van der Waals surface area contributed by atoms with Crippen molar-refractivity contribution >= 4 is 21.4 Å². The zero-order valence-electron chi connectivity index (χ0n) is 8.66. The molecule has 0 saturated carbocycles. The van der Waals surface area contributed by atoms with Gasteiger partial charge in [-0.3, -0.25) is 0 Å². The van der Waals surface area contributed by atoms with Crippen LogP contribution in [-0.4, -0.2) is 7.05 Å². The van der Waals surface area contributed by atoms with Crippen LogP contribution in [0.15, 0.2) is 30.3 Å². The number of hydrogen-bond donors (Lipinski definition) is 1. The predicted octanol–water partition coefficient (Wildman–Crippen LogP) is 3.19. The highest BCUT2D eigenvalue weighted by molar-refractivity contribution is 7.19. The van der Waals surface area contributed by atoms with Crippen LogP contribution < -0.4 is 5.32 Å². The van der Waals surface area contributed by atoms with Gasteiger partial charge in [-0.2, -0.15) is 0 Å². The van der Waals surface area contributed by atoms with E-state index in [1.165, 1.54) is 15.0 Å². The first-order chi connectivity index (χ1) is 7.35. The van der Waals surface area contributed by atoms with Crippen LogP contribution in [0.5, 0.6) is 0 Å². The summed E-state index contributed by atoms with van der Waals surface area (Å²) in [4.78, 5) is 1.32. The highest BCUT2D eigenvalue weighted by Gasteiger charge is 2.10. The van der Waals surface area contributed by atoms with Gasteiger partial charge in [0.25, 0.3) is 0 Å². The van der Waals surface area contributed by atoms with Gasteiger partial charge in [0.2, 0.25) is 0 Å². The van der Waals surface area contributed by atoms with E-state index >= 15 is 0 Å². The van der Waals surface area contributed by atoms with Crippen molar-refractivity contribution in [3.05, 3.63) is 35.2 Å². The van der Waals surface area contributed by atoms with E-state index in [0.29, 0.717) is 0 Å². The normalized spacial score (nSPS) is 12.5. The number of benzene rings is 1. The fourth-order valence-electron chi connectivity index (χ4n) is 1.64. The molecule has 0 aliphatic carbocycles. The number of fused-ring (bicyclic) bond motifs is 1. The zero-order valence-corrected chi connectivity index (χ0v) is 9.47. The van der Waals surface area contributed by atoms with Gasteiger partial charge in [-0.25, -0.2) is 0 Å². The van der Waals surface area contributed by atoms with Gasteiger partial charge in [-0.15, -0.1) is 23.7 Å². The van der Waals surface area contributed by atoms with E-state index in [1.807, 2.05) is 18.4 Å². The highest BCUT2D eigenvalue weighted by atomic mass is 32.1. The maximum absolute atomic E-state index is 5.35. The molecule has 0 aliphatic heterocycles. The maximum atomic E-state index is 5.35. The quantitative estimate of drug-likeness (QED) is 0.775. The Morgan fingerprint density at radius 1 is 1.47 bits per heavy atom. The van der Waals surface area contributed by atoms with Crippen molar-refractivity contribution in [2.75, 3.05) is 7.05 Å². The molecule has 2 aromatic rings. The van der Waals surface area contributed by atoms with Crippen molar-refractivity contribution in [1.29, 1.82) is 0 Å². The van der Waals surface area contributed by atoms with Gasteiger partial charge in [-0.05, 0) is 24.6 Å². The van der Waals surface area contributed by atoms with Crippen molar-refractivity contribution in [1.82, 2.24) is 5.32 Å². The Morgan fingerprint density at radius 3 is 2.93 bits per heavy atom. The van der Waals surface area contributed by atoms with Gasteiger partial charge in [0.15, 0.2) is 0 Å². The van der Waals surface area contributed by atoms with E-state index in [1.54, 1.807) is 0 Å². The molecule has 2 rings (SSSR count). The van der Waals surface area contributed by atoms with Crippen LogP contribution in [0, 0.1) is 12.3 Å². The van der Waals surface area contributed by atoms with Gasteiger partial charge < -0.3 is 5.32 Å². The van der Waals surface area contributed by atoms with Crippen molar-refractivity contribution in [2.24, 2.45) is 0 Å². The molecule has 1 aromatic carbocycles. The third kappa shape index (κ3) is 2.04. The van der Waals surface area contributed by atoms with Crippen molar-refractivity contribution in [2.45, 2.75) is 12.5 Å². The second-order valence-corrected chi connectivity index (χ2v) is 4.55. The lowest BCUT2D eigenvalue weighted by Crippen LogP contribution is -2.14. The average Bonchev–Trinajstić information content (AvgIpc) is 2.69. The second kappa shape index (κ2) is 4.48. The Bertz CT molecular complexity index is 459. The van der Waals surface area contributed by atoms with Gasteiger partial charge in [0.1, 0.15) is 0 Å². The molecule has 0 aliphatic rings. The van der Waals surface area contributed by atoms with Crippen LogP contribution in [0.4, 0.5) is 0 Å². The van der Waals surface area contributed by atoms with Crippen LogP contribution in [0.3, 0.4) is 0 Å². The number of nitrogens with one attached hydrogen (secondary N) is 1. The van der Waals surface area contributed by atoms with Gasteiger partial charge in [0.05, 0.1) is 6.04 Å². The first kappa shape index (κ1) is 10.2. The fraction of sp³-hybridized carbons (Fsp3) is 0.231. The SMILES string of the molecule is C#CCC(NC)c1cc2ccccc2s1. The molecule has 0 saturated heterocycles. The summed E-state index contributed by atoms with van der Waals surface area (Å²) in [6.45, 7) is 0. The molecule has 1 unspecified atom stereocenters. The highest BCUT2D eigenvalue weighted by Crippen LogP contribution is 2.30. The van der Waals surface area contributed by atoms with E-state index in [-0.39, 0.29) is 6.04 Å². The number of terminal acetylenes is 1. The van der Waals surface area contributed by atoms with Crippen molar-refractivity contribution in [3.8, 4) is 12.3 Å². The van der Waals surface area contributed by atoms with E-state index in [0.717, 1.165) is 6.42 Å². The number of thiophene rings is 1. The molecule has 1 heterocycles. The van der Waals surface area contributed by atoms with Crippen molar-refractivity contribution in [3.63, 3.8) is 0 Å². The molecule has 0 fully saturated rings. The summed E-state index contributed by atoms with van der Waals surface area (Å²) in [6, 6.07) is 10.9. The topological polar surface area (TPSA) is 12.0 Å². The smallest absolute Gasteiger partial charge is 0.0523 e. The third-order valence-electron chi connectivity index (χ3n) is 2.46. The molecule has 1 aromatic heterocycles. The summed E-state index contributed by atoms with van der Waals surface area (Å²) < 4.78 is 1.32. The zero-order chi connectivity index (χ0) is 10.7. The van der Waals surface area contributed by atoms with E-state index in [9.17, 15) is 0 Å². The molecule has 0 spiro atoms. The average molecular weight is 215 g/mol. The van der Waals surface area contributed by atoms with Crippen molar-refractivity contribution < 1.29 is 0 Å². The Balaban J connectivity index is 2.39. The Labute approximate surface area is 94.1 Å². The summed E-state index contributed by atoms with van der Waals surface area (Å²) in [5.74, 6) is 2.71. The fourth-order valence-corrected chi connectivity index (χ4v) is 2.81. The Kier molecular flexibility index (Phi) is 3.05. The molecule has 15 heavy (non-hydrogen) atoms. The van der Waals surface area contributed by atoms with Crippen LogP contribution in [0.2, 0.25) is 0 Å². The minimum absolute atomic E-state index is 0.285. The molecule has 76 valence electrons. The molecule has 0 amide bonds. The van der Waals surface area contributed by atoms with E-state index in [4.69, 9.17) is 6.42 Å². The van der Waals surface area contributed by atoms with Crippen LogP contribution in [0.1, 0.15) is 17.3 Å².